The molecule has 0 aliphatic carbocycles. The molecule has 0 aliphatic heterocycles. The van der Waals surface area contributed by atoms with Crippen LogP contribution in [-0.4, -0.2) is 33.2 Å². The average Bonchev–Trinajstić information content (AvgIpc) is 2.63. The second-order valence-electron chi connectivity index (χ2n) is 5.47. The third-order valence-electron chi connectivity index (χ3n) is 3.72. The van der Waals surface area contributed by atoms with E-state index in [1.54, 1.807) is 26.4 Å². The molecule has 0 unspecified atom stereocenters. The van der Waals surface area contributed by atoms with Crippen molar-refractivity contribution in [2.24, 2.45) is 0 Å². The summed E-state index contributed by atoms with van der Waals surface area (Å²) in [5, 5.41) is 5.77. The number of carbonyl (C=O) groups is 1. The minimum Gasteiger partial charge on any atom is -0.493 e. The molecule has 2 aromatic rings. The first-order valence-corrected chi connectivity index (χ1v) is 8.10. The zero-order chi connectivity index (χ0) is 18.1. The fourth-order valence-corrected chi connectivity index (χ4v) is 2.37. The lowest BCUT2D eigenvalue weighted by Gasteiger charge is -2.10. The topological polar surface area (TPSA) is 59.6 Å². The molecule has 134 valence electrons. The Morgan fingerprint density at radius 1 is 1.04 bits per heavy atom. The first-order chi connectivity index (χ1) is 12.1. The van der Waals surface area contributed by atoms with E-state index in [-0.39, 0.29) is 18.0 Å². The van der Waals surface area contributed by atoms with Crippen molar-refractivity contribution in [3.63, 3.8) is 0 Å². The van der Waals surface area contributed by atoms with Crippen LogP contribution in [0, 0.1) is 5.82 Å². The molecule has 0 spiro atoms. The van der Waals surface area contributed by atoms with Crippen LogP contribution in [0.3, 0.4) is 0 Å². The monoisotopic (exact) mass is 346 g/mol. The molecule has 0 fully saturated rings. The first kappa shape index (κ1) is 18.7. The third kappa shape index (κ3) is 5.76. The van der Waals surface area contributed by atoms with E-state index in [4.69, 9.17) is 9.47 Å². The summed E-state index contributed by atoms with van der Waals surface area (Å²) in [6.45, 7) is 1.25. The van der Waals surface area contributed by atoms with Crippen LogP contribution in [0.2, 0.25) is 0 Å². The number of halogens is 1. The van der Waals surface area contributed by atoms with Gasteiger partial charge in [0.25, 0.3) is 0 Å². The molecule has 5 nitrogen and oxygen atoms in total. The molecular formula is C19H23FN2O3. The van der Waals surface area contributed by atoms with Crippen molar-refractivity contribution in [3.05, 3.63) is 53.8 Å². The molecule has 2 aromatic carbocycles. The van der Waals surface area contributed by atoms with Gasteiger partial charge in [0.2, 0.25) is 5.91 Å². The maximum absolute atomic E-state index is 13.4. The predicted molar refractivity (Wildman–Crippen MR) is 95.8 cm³/mol. The van der Waals surface area contributed by atoms with Crippen LogP contribution < -0.4 is 20.1 Å². The molecule has 1 amide bonds. The Balaban J connectivity index is 1.69. The number of ether oxygens (including phenoxy) is 2. The number of benzene rings is 2. The van der Waals surface area contributed by atoms with Crippen molar-refractivity contribution < 1.29 is 18.7 Å². The number of hydrogen-bond donors (Lipinski definition) is 2. The Bertz CT molecular complexity index is 707. The zero-order valence-corrected chi connectivity index (χ0v) is 14.5. The Labute approximate surface area is 147 Å². The highest BCUT2D eigenvalue weighted by Gasteiger charge is 2.06. The van der Waals surface area contributed by atoms with Gasteiger partial charge in [-0.2, -0.15) is 0 Å². The van der Waals surface area contributed by atoms with Gasteiger partial charge in [0.15, 0.2) is 11.5 Å². The van der Waals surface area contributed by atoms with E-state index in [1.807, 2.05) is 18.2 Å². The number of carbonyl (C=O) groups excluding carboxylic acids is 1. The lowest BCUT2D eigenvalue weighted by Crippen LogP contribution is -2.23. The van der Waals surface area contributed by atoms with Gasteiger partial charge in [-0.15, -0.1) is 0 Å². The normalized spacial score (nSPS) is 10.4. The lowest BCUT2D eigenvalue weighted by molar-refractivity contribution is -0.116. The van der Waals surface area contributed by atoms with Crippen molar-refractivity contribution in [3.8, 4) is 11.5 Å². The van der Waals surface area contributed by atoms with E-state index in [0.717, 1.165) is 18.5 Å². The Hall–Kier alpha value is -2.60. The lowest BCUT2D eigenvalue weighted by atomic mass is 10.1. The summed E-state index contributed by atoms with van der Waals surface area (Å²) in [5.41, 5.74) is 1.32. The molecule has 0 aliphatic rings. The highest BCUT2D eigenvalue weighted by Crippen LogP contribution is 2.27. The Morgan fingerprint density at radius 3 is 2.52 bits per heavy atom. The molecule has 6 heteroatoms. The molecule has 25 heavy (non-hydrogen) atoms. The Kier molecular flexibility index (Phi) is 7.22. The molecule has 0 atom stereocenters. The van der Waals surface area contributed by atoms with Crippen LogP contribution in [0.4, 0.5) is 10.1 Å². The van der Waals surface area contributed by atoms with Crippen molar-refractivity contribution in [1.82, 2.24) is 5.32 Å². The second kappa shape index (κ2) is 9.64. The smallest absolute Gasteiger partial charge is 0.225 e. The summed E-state index contributed by atoms with van der Waals surface area (Å²) in [5.74, 6) is 0.745. The van der Waals surface area contributed by atoms with E-state index in [0.29, 0.717) is 18.0 Å². The predicted octanol–water partition coefficient (Wildman–Crippen LogP) is 3.00. The Morgan fingerprint density at radius 2 is 1.80 bits per heavy atom. The molecule has 2 N–H and O–H groups in total. The van der Waals surface area contributed by atoms with E-state index in [2.05, 4.69) is 10.6 Å². The highest BCUT2D eigenvalue weighted by molar-refractivity contribution is 5.90. The molecule has 0 saturated heterocycles. The van der Waals surface area contributed by atoms with Crippen LogP contribution >= 0.6 is 0 Å². The van der Waals surface area contributed by atoms with Gasteiger partial charge in [0.1, 0.15) is 5.82 Å². The number of amides is 1. The van der Waals surface area contributed by atoms with E-state index < -0.39 is 5.82 Å². The molecule has 0 heterocycles. The maximum atomic E-state index is 13.4. The van der Waals surface area contributed by atoms with Gasteiger partial charge in [0.05, 0.1) is 19.9 Å². The van der Waals surface area contributed by atoms with Crippen LogP contribution in [0.1, 0.15) is 12.0 Å². The van der Waals surface area contributed by atoms with E-state index >= 15 is 0 Å². The van der Waals surface area contributed by atoms with Crippen molar-refractivity contribution >= 4 is 11.6 Å². The average molecular weight is 346 g/mol. The number of hydrogen-bond acceptors (Lipinski definition) is 4. The molecule has 0 bridgehead atoms. The molecule has 0 radical (unpaired) electrons. The minimum atomic E-state index is -0.433. The summed E-state index contributed by atoms with van der Waals surface area (Å²) in [6.07, 6.45) is 1.08. The standard InChI is InChI=1S/C19H23FN2O3/c1-24-17-8-7-14(13-18(17)25-2)9-11-21-12-10-19(23)22-16-6-4-3-5-15(16)20/h3-8,13,21H,9-12H2,1-2H3,(H,22,23). The van der Waals surface area contributed by atoms with Crippen molar-refractivity contribution in [2.45, 2.75) is 12.8 Å². The number of para-hydroxylation sites is 1. The molecule has 0 aromatic heterocycles. The van der Waals surface area contributed by atoms with Gasteiger partial charge >= 0.3 is 0 Å². The zero-order valence-electron chi connectivity index (χ0n) is 14.5. The van der Waals surface area contributed by atoms with E-state index in [9.17, 15) is 9.18 Å². The van der Waals surface area contributed by atoms with E-state index in [1.165, 1.54) is 12.1 Å². The van der Waals surface area contributed by atoms with Crippen LogP contribution in [0.5, 0.6) is 11.5 Å². The van der Waals surface area contributed by atoms with Crippen molar-refractivity contribution in [1.29, 1.82) is 0 Å². The highest BCUT2D eigenvalue weighted by atomic mass is 19.1. The van der Waals surface area contributed by atoms with Crippen LogP contribution in [-0.2, 0) is 11.2 Å². The first-order valence-electron chi connectivity index (χ1n) is 8.10. The van der Waals surface area contributed by atoms with Crippen LogP contribution in [0.25, 0.3) is 0 Å². The summed E-state index contributed by atoms with van der Waals surface area (Å²) in [6, 6.07) is 11.9. The number of nitrogens with one attached hydrogen (secondary N) is 2. The second-order valence-corrected chi connectivity index (χ2v) is 5.47. The van der Waals surface area contributed by atoms with Gasteiger partial charge in [-0.05, 0) is 42.8 Å². The number of anilines is 1. The quantitative estimate of drug-likeness (QED) is 0.685. The number of methoxy groups -OCH3 is 2. The summed E-state index contributed by atoms with van der Waals surface area (Å²) < 4.78 is 23.9. The van der Waals surface area contributed by atoms with Gasteiger partial charge < -0.3 is 20.1 Å². The van der Waals surface area contributed by atoms with Crippen LogP contribution in [0.15, 0.2) is 42.5 Å². The molecule has 2 rings (SSSR count). The molecule has 0 saturated carbocycles. The SMILES string of the molecule is COc1ccc(CCNCCC(=O)Nc2ccccc2F)cc1OC. The number of rotatable bonds is 9. The van der Waals surface area contributed by atoms with Gasteiger partial charge in [-0.25, -0.2) is 4.39 Å². The van der Waals surface area contributed by atoms with Crippen molar-refractivity contribution in [2.75, 3.05) is 32.6 Å². The van der Waals surface area contributed by atoms with Gasteiger partial charge in [0, 0.05) is 13.0 Å². The third-order valence-corrected chi connectivity index (χ3v) is 3.72. The maximum Gasteiger partial charge on any atom is 0.225 e. The molecular weight excluding hydrogens is 323 g/mol. The van der Waals surface area contributed by atoms with Gasteiger partial charge in [-0.3, -0.25) is 4.79 Å². The largest absolute Gasteiger partial charge is 0.493 e. The van der Waals surface area contributed by atoms with Gasteiger partial charge in [-0.1, -0.05) is 18.2 Å². The minimum absolute atomic E-state index is 0.206. The summed E-state index contributed by atoms with van der Waals surface area (Å²) in [4.78, 5) is 11.8. The summed E-state index contributed by atoms with van der Waals surface area (Å²) in [7, 11) is 3.21. The summed E-state index contributed by atoms with van der Waals surface area (Å²) >= 11 is 0. The fraction of sp³-hybridized carbons (Fsp3) is 0.316. The fourth-order valence-electron chi connectivity index (χ4n) is 2.37.